The Hall–Kier alpha value is -2.52. The molecule has 3 rings (SSSR count). The Morgan fingerprint density at radius 1 is 1.46 bits per heavy atom. The van der Waals surface area contributed by atoms with Crippen molar-refractivity contribution in [2.75, 3.05) is 20.2 Å². The van der Waals surface area contributed by atoms with Crippen LogP contribution >= 0.6 is 0 Å². The summed E-state index contributed by atoms with van der Waals surface area (Å²) in [6.45, 7) is 3.79. The van der Waals surface area contributed by atoms with Gasteiger partial charge in [-0.15, -0.1) is 0 Å². The standard InChI is InChI=1S/C19H27FN6O2/c1-3-21-19(22-10-16(27)14-6-4-5-7-15(14)20)23-13-8-9-18-24-17(12-28-2)25-26(18)11-13/h4-7,13,16,27H,3,8-12H2,1-2H3,(H2,21,22,23). The van der Waals surface area contributed by atoms with E-state index in [1.54, 1.807) is 25.3 Å². The molecule has 0 bridgehead atoms. The van der Waals surface area contributed by atoms with E-state index < -0.39 is 11.9 Å². The molecule has 0 aliphatic carbocycles. The normalized spacial score (nSPS) is 17.9. The van der Waals surface area contributed by atoms with Gasteiger partial charge in [-0.25, -0.2) is 14.1 Å². The summed E-state index contributed by atoms with van der Waals surface area (Å²) in [6, 6.07) is 6.33. The molecule has 28 heavy (non-hydrogen) atoms. The summed E-state index contributed by atoms with van der Waals surface area (Å²) < 4.78 is 20.8. The highest BCUT2D eigenvalue weighted by Crippen LogP contribution is 2.17. The minimum Gasteiger partial charge on any atom is -0.386 e. The third-order valence-corrected chi connectivity index (χ3v) is 4.55. The predicted molar refractivity (Wildman–Crippen MR) is 103 cm³/mol. The van der Waals surface area contributed by atoms with Gasteiger partial charge in [0, 0.05) is 31.7 Å². The molecular weight excluding hydrogens is 363 g/mol. The maximum atomic E-state index is 13.8. The van der Waals surface area contributed by atoms with E-state index in [2.05, 4.69) is 25.7 Å². The lowest BCUT2D eigenvalue weighted by molar-refractivity contribution is 0.177. The number of rotatable bonds is 7. The Morgan fingerprint density at radius 2 is 2.29 bits per heavy atom. The second-order valence-corrected chi connectivity index (χ2v) is 6.70. The smallest absolute Gasteiger partial charge is 0.191 e. The molecule has 8 nitrogen and oxygen atoms in total. The first-order valence-corrected chi connectivity index (χ1v) is 9.49. The van der Waals surface area contributed by atoms with Crippen molar-refractivity contribution in [2.24, 2.45) is 4.99 Å². The Kier molecular flexibility index (Phi) is 6.94. The van der Waals surface area contributed by atoms with Crippen molar-refractivity contribution in [3.05, 3.63) is 47.3 Å². The summed E-state index contributed by atoms with van der Waals surface area (Å²) in [4.78, 5) is 8.90. The zero-order valence-corrected chi connectivity index (χ0v) is 16.2. The molecule has 1 aromatic heterocycles. The fraction of sp³-hybridized carbons (Fsp3) is 0.526. The number of hydrogen-bond donors (Lipinski definition) is 3. The van der Waals surface area contributed by atoms with E-state index in [1.807, 2.05) is 11.6 Å². The summed E-state index contributed by atoms with van der Waals surface area (Å²) in [6.07, 6.45) is 0.707. The van der Waals surface area contributed by atoms with Gasteiger partial charge in [-0.05, 0) is 19.4 Å². The number of nitrogens with one attached hydrogen (secondary N) is 2. The van der Waals surface area contributed by atoms with Crippen molar-refractivity contribution in [2.45, 2.75) is 45.1 Å². The van der Waals surface area contributed by atoms with Gasteiger partial charge in [-0.1, -0.05) is 18.2 Å². The average Bonchev–Trinajstić information content (AvgIpc) is 3.08. The number of aliphatic hydroxyl groups excluding tert-OH is 1. The second kappa shape index (κ2) is 9.61. The maximum absolute atomic E-state index is 13.8. The first-order chi connectivity index (χ1) is 13.6. The molecule has 0 amide bonds. The molecule has 2 aromatic rings. The van der Waals surface area contributed by atoms with Crippen molar-refractivity contribution >= 4 is 5.96 Å². The van der Waals surface area contributed by atoms with Gasteiger partial charge < -0.3 is 20.5 Å². The summed E-state index contributed by atoms with van der Waals surface area (Å²) in [5.74, 6) is 1.80. The highest BCUT2D eigenvalue weighted by Gasteiger charge is 2.22. The molecule has 1 aliphatic heterocycles. The fourth-order valence-corrected chi connectivity index (χ4v) is 3.20. The van der Waals surface area contributed by atoms with E-state index >= 15 is 0 Å². The van der Waals surface area contributed by atoms with E-state index in [9.17, 15) is 9.50 Å². The molecule has 2 heterocycles. The molecule has 3 N–H and O–H groups in total. The van der Waals surface area contributed by atoms with E-state index in [4.69, 9.17) is 4.74 Å². The molecule has 0 spiro atoms. The Bertz CT molecular complexity index is 809. The minimum absolute atomic E-state index is 0.0650. The molecule has 0 radical (unpaired) electrons. The number of guanidine groups is 1. The number of hydrogen-bond acceptors (Lipinski definition) is 5. The Balaban J connectivity index is 1.62. The van der Waals surface area contributed by atoms with Crippen LogP contribution < -0.4 is 10.6 Å². The first kappa shape index (κ1) is 20.2. The van der Waals surface area contributed by atoms with Crippen LogP contribution in [0, 0.1) is 5.82 Å². The van der Waals surface area contributed by atoms with Crippen molar-refractivity contribution in [3.8, 4) is 0 Å². The molecule has 152 valence electrons. The molecular formula is C19H27FN6O2. The van der Waals surface area contributed by atoms with Crippen LogP contribution in [-0.4, -0.2) is 52.1 Å². The van der Waals surface area contributed by atoms with Crippen LogP contribution in [0.4, 0.5) is 4.39 Å². The Labute approximate surface area is 163 Å². The number of aryl methyl sites for hydroxylation is 1. The number of aliphatic hydroxyl groups is 1. The molecule has 2 atom stereocenters. The van der Waals surface area contributed by atoms with Crippen molar-refractivity contribution in [3.63, 3.8) is 0 Å². The third-order valence-electron chi connectivity index (χ3n) is 4.55. The lowest BCUT2D eigenvalue weighted by atomic mass is 10.1. The van der Waals surface area contributed by atoms with E-state index in [-0.39, 0.29) is 18.2 Å². The van der Waals surface area contributed by atoms with Crippen LogP contribution in [0.1, 0.15) is 36.7 Å². The summed E-state index contributed by atoms with van der Waals surface area (Å²) in [7, 11) is 1.62. The third kappa shape index (κ3) is 5.05. The van der Waals surface area contributed by atoms with Crippen LogP contribution in [0.5, 0.6) is 0 Å². The number of fused-ring (bicyclic) bond motifs is 1. The highest BCUT2D eigenvalue weighted by molar-refractivity contribution is 5.80. The summed E-state index contributed by atoms with van der Waals surface area (Å²) in [5.41, 5.74) is 0.248. The van der Waals surface area contributed by atoms with Gasteiger partial charge in [0.1, 0.15) is 24.4 Å². The first-order valence-electron chi connectivity index (χ1n) is 9.49. The maximum Gasteiger partial charge on any atom is 0.191 e. The highest BCUT2D eigenvalue weighted by atomic mass is 19.1. The van der Waals surface area contributed by atoms with Crippen molar-refractivity contribution in [1.82, 2.24) is 25.4 Å². The molecule has 0 saturated carbocycles. The molecule has 9 heteroatoms. The topological polar surface area (TPSA) is 96.6 Å². The minimum atomic E-state index is -0.999. The largest absolute Gasteiger partial charge is 0.386 e. The number of aromatic nitrogens is 3. The zero-order valence-electron chi connectivity index (χ0n) is 16.2. The molecule has 0 saturated heterocycles. The van der Waals surface area contributed by atoms with E-state index in [1.165, 1.54) is 6.07 Å². The lowest BCUT2D eigenvalue weighted by Crippen LogP contribution is -2.47. The van der Waals surface area contributed by atoms with Crippen LogP contribution in [0.2, 0.25) is 0 Å². The average molecular weight is 390 g/mol. The monoisotopic (exact) mass is 390 g/mol. The predicted octanol–water partition coefficient (Wildman–Crippen LogP) is 1.17. The van der Waals surface area contributed by atoms with Crippen molar-refractivity contribution < 1.29 is 14.2 Å². The number of halogens is 1. The number of ether oxygens (including phenoxy) is 1. The van der Waals surface area contributed by atoms with Gasteiger partial charge in [0.15, 0.2) is 11.8 Å². The van der Waals surface area contributed by atoms with Crippen molar-refractivity contribution in [1.29, 1.82) is 0 Å². The summed E-state index contributed by atoms with van der Waals surface area (Å²) >= 11 is 0. The number of aliphatic imine (C=N–C) groups is 1. The van der Waals surface area contributed by atoms with Gasteiger partial charge in [-0.2, -0.15) is 5.10 Å². The van der Waals surface area contributed by atoms with Crippen LogP contribution in [0.15, 0.2) is 29.3 Å². The van der Waals surface area contributed by atoms with E-state index in [0.29, 0.717) is 31.5 Å². The fourth-order valence-electron chi connectivity index (χ4n) is 3.20. The number of nitrogens with zero attached hydrogens (tertiary/aromatic N) is 4. The van der Waals surface area contributed by atoms with Gasteiger partial charge in [0.2, 0.25) is 0 Å². The molecule has 1 aliphatic rings. The van der Waals surface area contributed by atoms with Crippen LogP contribution in [-0.2, 0) is 24.3 Å². The Morgan fingerprint density at radius 3 is 3.04 bits per heavy atom. The number of benzene rings is 1. The van der Waals surface area contributed by atoms with Gasteiger partial charge in [0.05, 0.1) is 13.1 Å². The molecule has 2 unspecified atom stereocenters. The molecule has 1 aromatic carbocycles. The van der Waals surface area contributed by atoms with Gasteiger partial charge in [-0.3, -0.25) is 4.99 Å². The summed E-state index contributed by atoms with van der Waals surface area (Å²) in [5, 5.41) is 21.3. The quantitative estimate of drug-likeness (QED) is 0.485. The van der Waals surface area contributed by atoms with E-state index in [0.717, 1.165) is 18.7 Å². The van der Waals surface area contributed by atoms with Gasteiger partial charge >= 0.3 is 0 Å². The number of methoxy groups -OCH3 is 1. The zero-order chi connectivity index (χ0) is 19.9. The van der Waals surface area contributed by atoms with Gasteiger partial charge in [0.25, 0.3) is 0 Å². The lowest BCUT2D eigenvalue weighted by Gasteiger charge is -2.25. The SMILES string of the molecule is CCNC(=NCC(O)c1ccccc1F)NC1CCc2nc(COC)nn2C1. The van der Waals surface area contributed by atoms with Crippen LogP contribution in [0.25, 0.3) is 0 Å². The second-order valence-electron chi connectivity index (χ2n) is 6.70. The van der Waals surface area contributed by atoms with Crippen LogP contribution in [0.3, 0.4) is 0 Å². The molecule has 0 fully saturated rings.